The summed E-state index contributed by atoms with van der Waals surface area (Å²) < 4.78 is 2.02. The maximum Gasteiger partial charge on any atom is 0.227 e. The highest BCUT2D eigenvalue weighted by molar-refractivity contribution is 5.95. The summed E-state index contributed by atoms with van der Waals surface area (Å²) in [6, 6.07) is 10.7. The average Bonchev–Trinajstić information content (AvgIpc) is 3.41. The monoisotopic (exact) mass is 347 g/mol. The van der Waals surface area contributed by atoms with E-state index in [4.69, 9.17) is 0 Å². The van der Waals surface area contributed by atoms with Crippen LogP contribution in [-0.4, -0.2) is 40.3 Å². The maximum absolute atomic E-state index is 11.9. The molecule has 0 bridgehead atoms. The molecule has 1 atom stereocenters. The smallest absolute Gasteiger partial charge is 0.227 e. The van der Waals surface area contributed by atoms with Crippen molar-refractivity contribution >= 4 is 28.2 Å². The van der Waals surface area contributed by atoms with Gasteiger partial charge in [0.2, 0.25) is 5.91 Å². The minimum Gasteiger partial charge on any atom is -0.354 e. The van der Waals surface area contributed by atoms with Crippen LogP contribution in [0.2, 0.25) is 0 Å². The maximum atomic E-state index is 11.9. The van der Waals surface area contributed by atoms with Crippen LogP contribution in [0.25, 0.3) is 10.8 Å². The van der Waals surface area contributed by atoms with Crippen LogP contribution in [0.3, 0.4) is 0 Å². The van der Waals surface area contributed by atoms with Crippen LogP contribution in [0, 0.1) is 0 Å². The third-order valence-corrected chi connectivity index (χ3v) is 5.46. The van der Waals surface area contributed by atoms with Gasteiger partial charge in [0, 0.05) is 43.8 Å². The number of fused-ring (bicyclic) bond motifs is 1. The molecule has 1 aromatic carbocycles. The quantitative estimate of drug-likeness (QED) is 0.731. The molecule has 0 spiro atoms. The van der Waals surface area contributed by atoms with Crippen LogP contribution >= 0.6 is 0 Å². The number of rotatable bonds is 3. The Kier molecular flexibility index (Phi) is 3.62. The van der Waals surface area contributed by atoms with Crippen LogP contribution < -0.4 is 9.80 Å². The second-order valence-electron chi connectivity index (χ2n) is 7.07. The molecule has 5 rings (SSSR count). The van der Waals surface area contributed by atoms with Crippen molar-refractivity contribution in [3.63, 3.8) is 0 Å². The van der Waals surface area contributed by atoms with Gasteiger partial charge in [-0.15, -0.1) is 0 Å². The molecular formula is C20H21N5O. The predicted molar refractivity (Wildman–Crippen MR) is 101 cm³/mol. The molecule has 0 saturated carbocycles. The van der Waals surface area contributed by atoms with Gasteiger partial charge in [0.15, 0.2) is 0 Å². The van der Waals surface area contributed by atoms with Crippen LogP contribution in [0.5, 0.6) is 0 Å². The van der Waals surface area contributed by atoms with Gasteiger partial charge in [-0.1, -0.05) is 24.3 Å². The Morgan fingerprint density at radius 1 is 1.12 bits per heavy atom. The second kappa shape index (κ2) is 6.12. The highest BCUT2D eigenvalue weighted by Gasteiger charge is 2.28. The van der Waals surface area contributed by atoms with E-state index in [1.54, 1.807) is 0 Å². The zero-order valence-corrected chi connectivity index (χ0v) is 14.6. The molecule has 2 aliphatic rings. The minimum absolute atomic E-state index is 0.206. The molecule has 1 amide bonds. The highest BCUT2D eigenvalue weighted by atomic mass is 16.2. The van der Waals surface area contributed by atoms with Crippen LogP contribution in [0.1, 0.15) is 25.3 Å². The Balaban J connectivity index is 1.37. The first-order valence-electron chi connectivity index (χ1n) is 9.23. The number of carbonyl (C=O) groups excluding carboxylic acids is 1. The van der Waals surface area contributed by atoms with Gasteiger partial charge in [-0.3, -0.25) is 9.48 Å². The molecule has 6 nitrogen and oxygen atoms in total. The lowest BCUT2D eigenvalue weighted by Gasteiger charge is -2.19. The number of hydrogen-bond acceptors (Lipinski definition) is 4. The number of pyridine rings is 1. The summed E-state index contributed by atoms with van der Waals surface area (Å²) in [5.74, 6) is 1.25. The molecule has 2 aromatic heterocycles. The lowest BCUT2D eigenvalue weighted by molar-refractivity contribution is -0.117. The van der Waals surface area contributed by atoms with Gasteiger partial charge in [0.1, 0.15) is 5.82 Å². The van der Waals surface area contributed by atoms with Crippen LogP contribution in [0.15, 0.2) is 48.9 Å². The van der Waals surface area contributed by atoms with Gasteiger partial charge >= 0.3 is 0 Å². The molecule has 0 N–H and O–H groups in total. The minimum atomic E-state index is 0.206. The molecule has 4 heterocycles. The van der Waals surface area contributed by atoms with E-state index in [1.165, 1.54) is 10.8 Å². The fourth-order valence-electron chi connectivity index (χ4n) is 4.09. The number of amides is 1. The van der Waals surface area contributed by atoms with E-state index in [-0.39, 0.29) is 5.91 Å². The first kappa shape index (κ1) is 15.4. The number of aromatic nitrogens is 3. The topological polar surface area (TPSA) is 54.3 Å². The fourth-order valence-corrected chi connectivity index (χ4v) is 4.09. The first-order valence-corrected chi connectivity index (χ1v) is 9.23. The predicted octanol–water partition coefficient (Wildman–Crippen LogP) is 3.01. The largest absolute Gasteiger partial charge is 0.354 e. The van der Waals surface area contributed by atoms with Gasteiger partial charge in [-0.25, -0.2) is 4.98 Å². The van der Waals surface area contributed by atoms with Crippen LogP contribution in [-0.2, 0) is 4.79 Å². The summed E-state index contributed by atoms with van der Waals surface area (Å²) >= 11 is 0. The summed E-state index contributed by atoms with van der Waals surface area (Å²) in [5.41, 5.74) is 0.925. The zero-order valence-electron chi connectivity index (χ0n) is 14.6. The molecular weight excluding hydrogens is 326 g/mol. The van der Waals surface area contributed by atoms with Crippen molar-refractivity contribution in [3.8, 4) is 0 Å². The van der Waals surface area contributed by atoms with E-state index in [0.29, 0.717) is 12.5 Å². The van der Waals surface area contributed by atoms with Gasteiger partial charge in [0.05, 0.1) is 17.9 Å². The van der Waals surface area contributed by atoms with E-state index in [9.17, 15) is 4.79 Å². The normalized spacial score (nSPS) is 20.5. The summed E-state index contributed by atoms with van der Waals surface area (Å²) in [4.78, 5) is 20.8. The summed E-state index contributed by atoms with van der Waals surface area (Å²) in [5, 5.41) is 6.95. The van der Waals surface area contributed by atoms with Gasteiger partial charge < -0.3 is 9.80 Å². The van der Waals surface area contributed by atoms with Crippen molar-refractivity contribution < 1.29 is 4.79 Å². The summed E-state index contributed by atoms with van der Waals surface area (Å²) in [6.45, 7) is 2.65. The third-order valence-electron chi connectivity index (χ3n) is 5.46. The molecule has 2 saturated heterocycles. The zero-order chi connectivity index (χ0) is 17.5. The average molecular weight is 347 g/mol. The van der Waals surface area contributed by atoms with E-state index < -0.39 is 0 Å². The lowest BCUT2D eigenvalue weighted by Crippen LogP contribution is -2.23. The Hall–Kier alpha value is -2.89. The van der Waals surface area contributed by atoms with Gasteiger partial charge in [0.25, 0.3) is 0 Å². The molecule has 132 valence electrons. The van der Waals surface area contributed by atoms with Crippen molar-refractivity contribution in [1.29, 1.82) is 0 Å². The molecule has 1 unspecified atom stereocenters. The van der Waals surface area contributed by atoms with Crippen molar-refractivity contribution in [2.75, 3.05) is 29.4 Å². The van der Waals surface area contributed by atoms with Gasteiger partial charge in [-0.05, 0) is 24.3 Å². The van der Waals surface area contributed by atoms with E-state index >= 15 is 0 Å². The summed E-state index contributed by atoms with van der Waals surface area (Å²) in [7, 11) is 0. The standard InChI is InChI=1S/C20H21N5O/c26-19-6-3-10-24(19)17-12-22-25(14-17)16-8-11-23(13-16)20-18-5-2-1-4-15(18)7-9-21-20/h1-2,4-5,7,9,12,14,16H,3,6,8,10-11,13H2. The molecule has 2 fully saturated rings. The SMILES string of the molecule is O=C1CCCN1c1cnn(C2CCN(c3nccc4ccccc34)C2)c1. The van der Waals surface area contributed by atoms with E-state index in [1.807, 2.05) is 28.2 Å². The lowest BCUT2D eigenvalue weighted by atomic mass is 10.1. The molecule has 0 aliphatic carbocycles. The molecule has 6 heteroatoms. The number of carbonyl (C=O) groups is 1. The highest BCUT2D eigenvalue weighted by Crippen LogP contribution is 2.31. The third kappa shape index (κ3) is 2.53. The van der Waals surface area contributed by atoms with Crippen LogP contribution in [0.4, 0.5) is 11.5 Å². The van der Waals surface area contributed by atoms with E-state index in [0.717, 1.165) is 44.0 Å². The Morgan fingerprint density at radius 2 is 2.04 bits per heavy atom. The number of hydrogen-bond donors (Lipinski definition) is 0. The van der Waals surface area contributed by atoms with Crippen molar-refractivity contribution in [1.82, 2.24) is 14.8 Å². The number of anilines is 2. The molecule has 26 heavy (non-hydrogen) atoms. The number of benzene rings is 1. The fraction of sp³-hybridized carbons (Fsp3) is 0.350. The van der Waals surface area contributed by atoms with E-state index in [2.05, 4.69) is 45.3 Å². The molecule has 0 radical (unpaired) electrons. The Labute approximate surface area is 152 Å². The Morgan fingerprint density at radius 3 is 2.92 bits per heavy atom. The molecule has 3 aromatic rings. The van der Waals surface area contributed by atoms with Crippen molar-refractivity contribution in [3.05, 3.63) is 48.9 Å². The summed E-state index contributed by atoms with van der Waals surface area (Å²) in [6.07, 6.45) is 8.34. The van der Waals surface area contributed by atoms with Crippen molar-refractivity contribution in [2.45, 2.75) is 25.3 Å². The van der Waals surface area contributed by atoms with Gasteiger partial charge in [-0.2, -0.15) is 5.10 Å². The first-order chi connectivity index (χ1) is 12.8. The number of nitrogens with zero attached hydrogens (tertiary/aromatic N) is 5. The van der Waals surface area contributed by atoms with Crippen molar-refractivity contribution in [2.24, 2.45) is 0 Å². The molecule has 2 aliphatic heterocycles. The Bertz CT molecular complexity index is 960. The second-order valence-corrected chi connectivity index (χ2v) is 7.07.